The van der Waals surface area contributed by atoms with Crippen LogP contribution in [0.1, 0.15) is 12.8 Å². The SMILES string of the molecule is OC1CCCN([C]=S)C1. The van der Waals surface area contributed by atoms with Gasteiger partial charge in [-0.05, 0) is 12.8 Å². The molecule has 51 valence electrons. The van der Waals surface area contributed by atoms with Crippen LogP contribution in [0.5, 0.6) is 0 Å². The molecule has 0 aromatic heterocycles. The third-order valence-corrected chi connectivity index (χ3v) is 1.78. The van der Waals surface area contributed by atoms with Gasteiger partial charge in [-0.1, -0.05) is 12.2 Å². The van der Waals surface area contributed by atoms with Crippen LogP contribution in [0.25, 0.3) is 0 Å². The summed E-state index contributed by atoms with van der Waals surface area (Å²) in [5, 5.41) is 9.08. The number of hydrogen-bond acceptors (Lipinski definition) is 2. The first-order chi connectivity index (χ1) is 4.33. The minimum absolute atomic E-state index is 0.186. The molecular weight excluding hydrogens is 134 g/mol. The quantitative estimate of drug-likeness (QED) is 0.535. The zero-order valence-electron chi connectivity index (χ0n) is 5.21. The molecule has 1 radical (unpaired) electrons. The molecule has 0 saturated carbocycles. The van der Waals surface area contributed by atoms with Crippen LogP contribution in [-0.2, 0) is 0 Å². The van der Waals surface area contributed by atoms with Crippen LogP contribution < -0.4 is 0 Å². The smallest absolute Gasteiger partial charge is 0.137 e. The minimum Gasteiger partial charge on any atom is -0.391 e. The number of nitrogens with zero attached hydrogens (tertiary/aromatic N) is 1. The van der Waals surface area contributed by atoms with E-state index in [2.05, 4.69) is 17.7 Å². The van der Waals surface area contributed by atoms with E-state index in [0.29, 0.717) is 6.54 Å². The molecule has 3 heteroatoms. The summed E-state index contributed by atoms with van der Waals surface area (Å²) in [4.78, 5) is 1.85. The van der Waals surface area contributed by atoms with Crippen molar-refractivity contribution in [3.63, 3.8) is 0 Å². The zero-order valence-corrected chi connectivity index (χ0v) is 6.02. The van der Waals surface area contributed by atoms with E-state index >= 15 is 0 Å². The van der Waals surface area contributed by atoms with Crippen LogP contribution in [0.2, 0.25) is 0 Å². The standard InChI is InChI=1S/C6H10NOS/c8-6-2-1-3-7(4-6)5-9/h6,8H,1-4H2. The van der Waals surface area contributed by atoms with Gasteiger partial charge in [0.25, 0.3) is 0 Å². The van der Waals surface area contributed by atoms with E-state index in [1.54, 1.807) is 0 Å². The number of hydrogen-bond donors (Lipinski definition) is 1. The van der Waals surface area contributed by atoms with Gasteiger partial charge >= 0.3 is 0 Å². The van der Waals surface area contributed by atoms with E-state index < -0.39 is 0 Å². The first-order valence-corrected chi connectivity index (χ1v) is 3.54. The van der Waals surface area contributed by atoms with Crippen LogP contribution >= 0.6 is 12.2 Å². The van der Waals surface area contributed by atoms with Gasteiger partial charge in [0.15, 0.2) is 0 Å². The van der Waals surface area contributed by atoms with Gasteiger partial charge in [0.05, 0.1) is 6.10 Å². The molecule has 2 nitrogen and oxygen atoms in total. The highest BCUT2D eigenvalue weighted by Crippen LogP contribution is 2.07. The Labute approximate surface area is 60.5 Å². The molecule has 9 heavy (non-hydrogen) atoms. The van der Waals surface area contributed by atoms with Crippen LogP contribution in [-0.4, -0.2) is 34.7 Å². The molecule has 0 aromatic rings. The fourth-order valence-corrected chi connectivity index (χ4v) is 1.20. The highest BCUT2D eigenvalue weighted by Gasteiger charge is 2.14. The van der Waals surface area contributed by atoms with Crippen molar-refractivity contribution in [3.05, 3.63) is 0 Å². The molecule has 1 fully saturated rings. The molecule has 0 spiro atoms. The summed E-state index contributed by atoms with van der Waals surface area (Å²) in [7, 11) is 0. The maximum Gasteiger partial charge on any atom is 0.137 e. The lowest BCUT2D eigenvalue weighted by atomic mass is 10.1. The molecule has 0 aromatic carbocycles. The normalized spacial score (nSPS) is 28.1. The van der Waals surface area contributed by atoms with Crippen molar-refractivity contribution in [2.45, 2.75) is 18.9 Å². The second kappa shape index (κ2) is 3.13. The second-order valence-electron chi connectivity index (χ2n) is 2.33. The summed E-state index contributed by atoms with van der Waals surface area (Å²) in [5.74, 6) is 0. The lowest BCUT2D eigenvalue weighted by Crippen LogP contribution is -2.36. The van der Waals surface area contributed by atoms with E-state index in [9.17, 15) is 0 Å². The maximum atomic E-state index is 9.08. The van der Waals surface area contributed by atoms with Crippen molar-refractivity contribution in [2.75, 3.05) is 13.1 Å². The van der Waals surface area contributed by atoms with Crippen molar-refractivity contribution in [2.24, 2.45) is 0 Å². The highest BCUT2D eigenvalue weighted by atomic mass is 32.1. The van der Waals surface area contributed by atoms with E-state index in [1.165, 1.54) is 0 Å². The number of likely N-dealkylation sites (tertiary alicyclic amines) is 1. The molecule has 1 unspecified atom stereocenters. The average molecular weight is 144 g/mol. The average Bonchev–Trinajstić information content (AvgIpc) is 1.88. The highest BCUT2D eigenvalue weighted by molar-refractivity contribution is 7.78. The van der Waals surface area contributed by atoms with Gasteiger partial charge in [-0.25, -0.2) is 0 Å². The Bertz CT molecular complexity index is 107. The summed E-state index contributed by atoms with van der Waals surface area (Å²) in [6.45, 7) is 1.63. The lowest BCUT2D eigenvalue weighted by Gasteiger charge is -2.26. The van der Waals surface area contributed by atoms with Crippen molar-refractivity contribution in [1.82, 2.24) is 4.90 Å². The molecule has 0 amide bonds. The van der Waals surface area contributed by atoms with Crippen LogP contribution in [0.15, 0.2) is 0 Å². The molecular formula is C6H10NOS. The fourth-order valence-electron chi connectivity index (χ4n) is 1.04. The predicted molar refractivity (Wildman–Crippen MR) is 39.4 cm³/mol. The molecule has 1 saturated heterocycles. The van der Waals surface area contributed by atoms with Gasteiger partial charge in [0.2, 0.25) is 0 Å². The molecule has 1 N–H and O–H groups in total. The van der Waals surface area contributed by atoms with E-state index in [1.807, 2.05) is 4.90 Å². The summed E-state index contributed by atoms with van der Waals surface area (Å²) >= 11 is 4.59. The van der Waals surface area contributed by atoms with Gasteiger partial charge in [-0.15, -0.1) is 0 Å². The topological polar surface area (TPSA) is 23.5 Å². The summed E-state index contributed by atoms with van der Waals surface area (Å²) in [6, 6.07) is 0. The molecule has 1 aliphatic heterocycles. The molecule has 1 rings (SSSR count). The number of piperidine rings is 1. The molecule has 0 aliphatic carbocycles. The van der Waals surface area contributed by atoms with Gasteiger partial charge in [-0.3, -0.25) is 0 Å². The first kappa shape index (κ1) is 6.96. The summed E-state index contributed by atoms with van der Waals surface area (Å²) in [5.41, 5.74) is 2.59. The van der Waals surface area contributed by atoms with Crippen LogP contribution in [0.3, 0.4) is 0 Å². The Morgan fingerprint density at radius 3 is 2.89 bits per heavy atom. The van der Waals surface area contributed by atoms with Gasteiger partial charge in [0, 0.05) is 13.1 Å². The maximum absolute atomic E-state index is 9.08. The Morgan fingerprint density at radius 1 is 1.67 bits per heavy atom. The van der Waals surface area contributed by atoms with Crippen molar-refractivity contribution >= 4 is 17.7 Å². The molecule has 1 heterocycles. The number of aliphatic hydroxyl groups is 1. The molecule has 0 bridgehead atoms. The third kappa shape index (κ3) is 1.91. The van der Waals surface area contributed by atoms with E-state index in [4.69, 9.17) is 5.11 Å². The van der Waals surface area contributed by atoms with Crippen LogP contribution in [0, 0.1) is 0 Å². The monoisotopic (exact) mass is 144 g/mol. The van der Waals surface area contributed by atoms with E-state index in [0.717, 1.165) is 19.4 Å². The Kier molecular flexibility index (Phi) is 2.42. The third-order valence-electron chi connectivity index (χ3n) is 1.53. The largest absolute Gasteiger partial charge is 0.391 e. The van der Waals surface area contributed by atoms with Gasteiger partial charge in [0.1, 0.15) is 5.49 Å². The number of thiocarbonyl (C=S) groups is 1. The zero-order chi connectivity index (χ0) is 6.69. The Morgan fingerprint density at radius 2 is 2.44 bits per heavy atom. The number of aliphatic hydroxyl groups excluding tert-OH is 1. The van der Waals surface area contributed by atoms with Crippen molar-refractivity contribution in [3.8, 4) is 0 Å². The lowest BCUT2D eigenvalue weighted by molar-refractivity contribution is 0.106. The van der Waals surface area contributed by atoms with Gasteiger partial charge < -0.3 is 10.0 Å². The van der Waals surface area contributed by atoms with Gasteiger partial charge in [-0.2, -0.15) is 0 Å². The first-order valence-electron chi connectivity index (χ1n) is 3.13. The van der Waals surface area contributed by atoms with E-state index in [-0.39, 0.29) is 6.10 Å². The summed E-state index contributed by atoms with van der Waals surface area (Å²) < 4.78 is 0. The minimum atomic E-state index is -0.186. The Balaban J connectivity index is 2.31. The van der Waals surface area contributed by atoms with Crippen molar-refractivity contribution in [1.29, 1.82) is 0 Å². The van der Waals surface area contributed by atoms with Crippen molar-refractivity contribution < 1.29 is 5.11 Å². The fraction of sp³-hybridized carbons (Fsp3) is 0.833. The summed E-state index contributed by atoms with van der Waals surface area (Å²) in [6.07, 6.45) is 1.76. The number of rotatable bonds is 1. The predicted octanol–water partition coefficient (Wildman–Crippen LogP) is 0.277. The molecule has 1 aliphatic rings. The Hall–Kier alpha value is -0.150. The molecule has 1 atom stereocenters. The van der Waals surface area contributed by atoms with Crippen LogP contribution in [0.4, 0.5) is 0 Å². The second-order valence-corrected chi connectivity index (χ2v) is 2.52. The number of β-amino-alcohol motifs (C(OH)–C–C–N with tert-alkyl or cyclic N) is 1.